The van der Waals surface area contributed by atoms with Crippen molar-refractivity contribution in [2.24, 2.45) is 5.73 Å². The SMILES string of the molecule is CC12CCCOC1C1(COC(N)N1)c1cc(-c3cccnc3F)ccc1O2. The third kappa shape index (κ3) is 2.50. The Morgan fingerprint density at radius 1 is 1.30 bits per heavy atom. The Morgan fingerprint density at radius 2 is 2.19 bits per heavy atom. The number of nitrogens with zero attached hydrogens (tertiary/aromatic N) is 1. The van der Waals surface area contributed by atoms with Crippen molar-refractivity contribution in [3.8, 4) is 16.9 Å². The molecule has 0 amide bonds. The minimum atomic E-state index is -0.642. The molecule has 6 nitrogen and oxygen atoms in total. The van der Waals surface area contributed by atoms with Gasteiger partial charge in [0.2, 0.25) is 5.95 Å². The van der Waals surface area contributed by atoms with Crippen LogP contribution in [0.2, 0.25) is 0 Å². The largest absolute Gasteiger partial charge is 0.484 e. The first-order chi connectivity index (χ1) is 13.0. The Hall–Kier alpha value is -2.06. The summed E-state index contributed by atoms with van der Waals surface area (Å²) in [5.74, 6) is 0.242. The third-order valence-corrected chi connectivity index (χ3v) is 5.87. The van der Waals surface area contributed by atoms with Crippen LogP contribution in [0, 0.1) is 5.95 Å². The van der Waals surface area contributed by atoms with Crippen LogP contribution >= 0.6 is 0 Å². The number of pyridine rings is 1. The lowest BCUT2D eigenvalue weighted by atomic mass is 9.72. The highest BCUT2D eigenvalue weighted by Gasteiger charge is 2.60. The fraction of sp³-hybridized carbons (Fsp3) is 0.450. The average molecular weight is 371 g/mol. The molecule has 3 aliphatic rings. The standard InChI is InChI=1S/C20H22FN3O3/c1-19-7-3-9-25-17(19)20(11-26-18(22)24-20)14-10-12(5-6-15(14)27-19)13-4-2-8-23-16(13)21/h2,4-6,8,10,17-18,24H,3,7,9,11,22H2,1H3. The van der Waals surface area contributed by atoms with E-state index in [1.54, 1.807) is 12.1 Å². The molecule has 1 aromatic carbocycles. The molecule has 2 saturated heterocycles. The van der Waals surface area contributed by atoms with E-state index >= 15 is 0 Å². The van der Waals surface area contributed by atoms with Gasteiger partial charge in [0.25, 0.3) is 0 Å². The summed E-state index contributed by atoms with van der Waals surface area (Å²) in [6, 6.07) is 9.11. The molecule has 2 aromatic rings. The number of nitrogens with one attached hydrogen (secondary N) is 1. The second kappa shape index (κ2) is 5.97. The van der Waals surface area contributed by atoms with Crippen molar-refractivity contribution in [2.75, 3.05) is 13.2 Å². The highest BCUT2D eigenvalue weighted by atomic mass is 19.1. The van der Waals surface area contributed by atoms with Crippen LogP contribution in [0.1, 0.15) is 25.3 Å². The zero-order valence-electron chi connectivity index (χ0n) is 15.1. The number of hydrogen-bond donors (Lipinski definition) is 2. The second-order valence-corrected chi connectivity index (χ2v) is 7.67. The number of benzene rings is 1. The summed E-state index contributed by atoms with van der Waals surface area (Å²) in [6.45, 7) is 3.10. The van der Waals surface area contributed by atoms with E-state index in [0.29, 0.717) is 18.8 Å². The van der Waals surface area contributed by atoms with E-state index in [4.69, 9.17) is 19.9 Å². The predicted molar refractivity (Wildman–Crippen MR) is 96.4 cm³/mol. The molecule has 0 bridgehead atoms. The Bertz CT molecular complexity index is 895. The molecule has 3 aliphatic heterocycles. The number of hydrogen-bond acceptors (Lipinski definition) is 6. The van der Waals surface area contributed by atoms with E-state index in [0.717, 1.165) is 29.7 Å². The number of ether oxygens (including phenoxy) is 3. The molecule has 3 N–H and O–H groups in total. The van der Waals surface area contributed by atoms with E-state index in [1.807, 2.05) is 18.2 Å². The molecule has 1 spiro atoms. The molecule has 2 fully saturated rings. The number of aromatic nitrogens is 1. The number of rotatable bonds is 1. The summed E-state index contributed by atoms with van der Waals surface area (Å²) in [7, 11) is 0. The minimum absolute atomic E-state index is 0.256. The first-order valence-electron chi connectivity index (χ1n) is 9.23. The average Bonchev–Trinajstić information content (AvgIpc) is 3.04. The normalized spacial score (nSPS) is 34.8. The Kier molecular flexibility index (Phi) is 3.77. The molecule has 4 heterocycles. The van der Waals surface area contributed by atoms with E-state index < -0.39 is 23.4 Å². The maximum Gasteiger partial charge on any atom is 0.220 e. The van der Waals surface area contributed by atoms with Crippen LogP contribution in [-0.4, -0.2) is 36.3 Å². The van der Waals surface area contributed by atoms with Crippen LogP contribution in [0.4, 0.5) is 4.39 Å². The van der Waals surface area contributed by atoms with Gasteiger partial charge in [0.15, 0.2) is 6.35 Å². The summed E-state index contributed by atoms with van der Waals surface area (Å²) < 4.78 is 32.5. The van der Waals surface area contributed by atoms with Crippen molar-refractivity contribution >= 4 is 0 Å². The maximum atomic E-state index is 14.2. The van der Waals surface area contributed by atoms with Crippen LogP contribution in [0.25, 0.3) is 11.1 Å². The third-order valence-electron chi connectivity index (χ3n) is 5.87. The molecule has 5 rings (SSSR count). The first-order valence-corrected chi connectivity index (χ1v) is 9.23. The fourth-order valence-electron chi connectivity index (χ4n) is 4.69. The van der Waals surface area contributed by atoms with Crippen molar-refractivity contribution in [3.05, 3.63) is 48.0 Å². The Morgan fingerprint density at radius 3 is 2.96 bits per heavy atom. The zero-order valence-corrected chi connectivity index (χ0v) is 15.1. The monoisotopic (exact) mass is 371 g/mol. The molecule has 7 heteroatoms. The fourth-order valence-corrected chi connectivity index (χ4v) is 4.69. The molecule has 4 unspecified atom stereocenters. The summed E-state index contributed by atoms with van der Waals surface area (Å²) in [5.41, 5.74) is 6.96. The van der Waals surface area contributed by atoms with Gasteiger partial charge in [0.1, 0.15) is 23.0 Å². The molecule has 0 radical (unpaired) electrons. The molecule has 27 heavy (non-hydrogen) atoms. The molecule has 142 valence electrons. The van der Waals surface area contributed by atoms with Crippen molar-refractivity contribution < 1.29 is 18.6 Å². The molecular weight excluding hydrogens is 349 g/mol. The van der Waals surface area contributed by atoms with Crippen molar-refractivity contribution in [1.82, 2.24) is 10.3 Å². The lowest BCUT2D eigenvalue weighted by molar-refractivity contribution is -0.170. The lowest BCUT2D eigenvalue weighted by Gasteiger charge is -2.53. The van der Waals surface area contributed by atoms with Gasteiger partial charge in [-0.3, -0.25) is 11.1 Å². The molecule has 0 aliphatic carbocycles. The van der Waals surface area contributed by atoms with Gasteiger partial charge in [-0.1, -0.05) is 6.07 Å². The number of fused-ring (bicyclic) bond motifs is 4. The lowest BCUT2D eigenvalue weighted by Crippen LogP contribution is -2.67. The van der Waals surface area contributed by atoms with E-state index in [9.17, 15) is 4.39 Å². The smallest absolute Gasteiger partial charge is 0.220 e. The van der Waals surface area contributed by atoms with Gasteiger partial charge in [-0.25, -0.2) is 4.98 Å². The summed E-state index contributed by atoms with van der Waals surface area (Å²) in [5, 5.41) is 3.38. The van der Waals surface area contributed by atoms with Crippen molar-refractivity contribution in [2.45, 2.75) is 43.4 Å². The molecule has 1 aromatic heterocycles. The van der Waals surface area contributed by atoms with Crippen LogP contribution in [-0.2, 0) is 15.0 Å². The van der Waals surface area contributed by atoms with Gasteiger partial charge in [0.05, 0.1) is 6.61 Å². The van der Waals surface area contributed by atoms with Gasteiger partial charge in [-0.2, -0.15) is 4.39 Å². The van der Waals surface area contributed by atoms with Gasteiger partial charge in [0, 0.05) is 23.9 Å². The summed E-state index contributed by atoms with van der Waals surface area (Å²) >= 11 is 0. The summed E-state index contributed by atoms with van der Waals surface area (Å²) in [4.78, 5) is 3.76. The van der Waals surface area contributed by atoms with Crippen molar-refractivity contribution in [1.29, 1.82) is 0 Å². The van der Waals surface area contributed by atoms with E-state index in [1.165, 1.54) is 6.20 Å². The van der Waals surface area contributed by atoms with Crippen LogP contribution < -0.4 is 15.8 Å². The van der Waals surface area contributed by atoms with Crippen LogP contribution in [0.15, 0.2) is 36.5 Å². The van der Waals surface area contributed by atoms with Crippen LogP contribution in [0.3, 0.4) is 0 Å². The van der Waals surface area contributed by atoms with Gasteiger partial charge in [-0.05, 0) is 49.6 Å². The van der Waals surface area contributed by atoms with Crippen LogP contribution in [0.5, 0.6) is 5.75 Å². The molecule has 4 atom stereocenters. The van der Waals surface area contributed by atoms with E-state index in [2.05, 4.69) is 17.2 Å². The first kappa shape index (κ1) is 17.1. The summed E-state index contributed by atoms with van der Waals surface area (Å²) in [6.07, 6.45) is 2.41. The second-order valence-electron chi connectivity index (χ2n) is 7.67. The van der Waals surface area contributed by atoms with Gasteiger partial charge in [-0.15, -0.1) is 0 Å². The minimum Gasteiger partial charge on any atom is -0.484 e. The molecule has 0 saturated carbocycles. The zero-order chi connectivity index (χ0) is 18.6. The highest BCUT2D eigenvalue weighted by Crippen LogP contribution is 2.51. The van der Waals surface area contributed by atoms with Crippen molar-refractivity contribution in [3.63, 3.8) is 0 Å². The molecular formula is C20H22FN3O3. The Labute approximate surface area is 156 Å². The Balaban J connectivity index is 1.69. The van der Waals surface area contributed by atoms with Gasteiger partial charge >= 0.3 is 0 Å². The predicted octanol–water partition coefficient (Wildman–Crippen LogP) is 2.28. The number of nitrogens with two attached hydrogens (primary N) is 1. The van der Waals surface area contributed by atoms with E-state index in [-0.39, 0.29) is 6.10 Å². The maximum absolute atomic E-state index is 14.2. The number of halogens is 1. The van der Waals surface area contributed by atoms with Gasteiger partial charge < -0.3 is 14.2 Å². The highest BCUT2D eigenvalue weighted by molar-refractivity contribution is 5.67. The topological polar surface area (TPSA) is 78.6 Å². The quantitative estimate of drug-likeness (QED) is 0.749.